The minimum absolute atomic E-state index is 0.560. The molecule has 0 bridgehead atoms. The van der Waals surface area contributed by atoms with Gasteiger partial charge in [0, 0.05) is 43.5 Å². The van der Waals surface area contributed by atoms with Crippen LogP contribution in [0.15, 0.2) is 47.5 Å². The zero-order chi connectivity index (χ0) is 19.0. The molecule has 2 aromatic rings. The molecule has 2 aromatic carbocycles. The molecule has 0 aromatic heterocycles. The molecule has 2 aliphatic rings. The minimum Gasteiger partial charge on any atom is -0.431 e. The summed E-state index contributed by atoms with van der Waals surface area (Å²) in [5.41, 5.74) is 2.84. The van der Waals surface area contributed by atoms with Gasteiger partial charge in [-0.1, -0.05) is 11.6 Å². The van der Waals surface area contributed by atoms with Crippen molar-refractivity contribution in [1.82, 2.24) is 4.67 Å². The summed E-state index contributed by atoms with van der Waals surface area (Å²) in [6, 6.07) is 13.7. The summed E-state index contributed by atoms with van der Waals surface area (Å²) in [7, 11) is 4.03. The third kappa shape index (κ3) is 3.65. The third-order valence-corrected chi connectivity index (χ3v) is 8.97. The summed E-state index contributed by atoms with van der Waals surface area (Å²) >= 11 is 12.2. The van der Waals surface area contributed by atoms with Gasteiger partial charge in [-0.3, -0.25) is 0 Å². The van der Waals surface area contributed by atoms with Crippen molar-refractivity contribution < 1.29 is 9.26 Å². The minimum atomic E-state index is -2.46. The van der Waals surface area contributed by atoms with Crippen LogP contribution >= 0.6 is 18.0 Å². The van der Waals surface area contributed by atoms with Crippen molar-refractivity contribution in [3.8, 4) is 0 Å². The van der Waals surface area contributed by atoms with Crippen LogP contribution in [0, 0.1) is 0 Å². The molecule has 0 amide bonds. The maximum Gasteiger partial charge on any atom is 0.226 e. The summed E-state index contributed by atoms with van der Waals surface area (Å²) in [5, 5.41) is 1.68. The Morgan fingerprint density at radius 3 is 2.48 bits per heavy atom. The Morgan fingerprint density at radius 1 is 1.11 bits per heavy atom. The van der Waals surface area contributed by atoms with Gasteiger partial charge in [-0.25, -0.2) is 9.66 Å². The number of halogens is 1. The highest BCUT2D eigenvalue weighted by molar-refractivity contribution is 8.15. The van der Waals surface area contributed by atoms with Crippen LogP contribution in [0.25, 0.3) is 0 Å². The maximum absolute atomic E-state index is 6.46. The highest BCUT2D eigenvalue weighted by Gasteiger charge is 2.38. The molecule has 27 heavy (non-hydrogen) atoms. The predicted molar refractivity (Wildman–Crippen MR) is 116 cm³/mol. The monoisotopic (exact) mass is 421 g/mol. The number of ether oxygens (including phenoxy) is 1. The fourth-order valence-corrected chi connectivity index (χ4v) is 6.70. The van der Waals surface area contributed by atoms with Crippen LogP contribution < -0.4 is 10.2 Å². The molecule has 1 fully saturated rings. The molecule has 2 heterocycles. The highest BCUT2D eigenvalue weighted by Crippen LogP contribution is 2.55. The number of aliphatic imine (C=N–C) groups is 1. The number of rotatable bonds is 3. The van der Waals surface area contributed by atoms with Gasteiger partial charge in [0.25, 0.3) is 0 Å². The lowest BCUT2D eigenvalue weighted by atomic mass is 10.2. The topological polar surface area (TPSA) is 37.3 Å². The quantitative estimate of drug-likeness (QED) is 0.705. The molecule has 4 rings (SSSR count). The Bertz CT molecular complexity index is 927. The summed E-state index contributed by atoms with van der Waals surface area (Å²) in [5.74, 6) is 0.560. The summed E-state index contributed by atoms with van der Waals surface area (Å²) < 4.78 is 14.2. The van der Waals surface area contributed by atoms with Gasteiger partial charge in [0.1, 0.15) is 0 Å². The van der Waals surface area contributed by atoms with E-state index in [2.05, 4.69) is 27.8 Å². The molecule has 0 radical (unpaired) electrons. The summed E-state index contributed by atoms with van der Waals surface area (Å²) in [4.78, 5) is 6.87. The smallest absolute Gasteiger partial charge is 0.226 e. The highest BCUT2D eigenvalue weighted by atomic mass is 35.5. The van der Waals surface area contributed by atoms with E-state index in [1.165, 1.54) is 0 Å². The average molecular weight is 422 g/mol. The van der Waals surface area contributed by atoms with E-state index in [1.54, 1.807) is 0 Å². The van der Waals surface area contributed by atoms with Gasteiger partial charge in [-0.05, 0) is 54.3 Å². The molecule has 2 aliphatic heterocycles. The fourth-order valence-electron chi connectivity index (χ4n) is 3.15. The van der Waals surface area contributed by atoms with Crippen molar-refractivity contribution >= 4 is 52.4 Å². The molecular formula is C19H21ClN3O2PS. The van der Waals surface area contributed by atoms with Gasteiger partial charge in [0.15, 0.2) is 0 Å². The first-order valence-corrected chi connectivity index (χ1v) is 11.8. The molecule has 8 heteroatoms. The Labute approximate surface area is 169 Å². The van der Waals surface area contributed by atoms with Gasteiger partial charge in [0.2, 0.25) is 12.3 Å². The Kier molecular flexibility index (Phi) is 5.28. The van der Waals surface area contributed by atoms with Gasteiger partial charge in [-0.2, -0.15) is 0 Å². The van der Waals surface area contributed by atoms with Crippen molar-refractivity contribution in [1.29, 1.82) is 0 Å². The zero-order valence-corrected chi connectivity index (χ0v) is 17.7. The van der Waals surface area contributed by atoms with Crippen LogP contribution in [-0.4, -0.2) is 51.0 Å². The van der Waals surface area contributed by atoms with Gasteiger partial charge < -0.3 is 14.2 Å². The van der Waals surface area contributed by atoms with Gasteiger partial charge >= 0.3 is 0 Å². The molecule has 1 saturated heterocycles. The number of fused-ring (bicyclic) bond motifs is 1. The lowest BCUT2D eigenvalue weighted by molar-refractivity contribution is 0.0723. The lowest BCUT2D eigenvalue weighted by Crippen LogP contribution is -2.39. The number of benzene rings is 2. The maximum atomic E-state index is 6.46. The second-order valence-electron chi connectivity index (χ2n) is 6.67. The first kappa shape index (κ1) is 18.9. The molecule has 1 atom stereocenters. The number of morpholine rings is 1. The average Bonchev–Trinajstić information content (AvgIpc) is 2.68. The van der Waals surface area contributed by atoms with Crippen molar-refractivity contribution in [2.24, 2.45) is 4.99 Å². The van der Waals surface area contributed by atoms with E-state index < -0.39 is 6.42 Å². The van der Waals surface area contributed by atoms with Gasteiger partial charge in [0.05, 0.1) is 24.2 Å². The molecule has 0 N–H and O–H groups in total. The Morgan fingerprint density at radius 2 is 1.81 bits per heavy atom. The van der Waals surface area contributed by atoms with Crippen molar-refractivity contribution in [3.05, 3.63) is 53.1 Å². The van der Waals surface area contributed by atoms with Crippen molar-refractivity contribution in [2.75, 3.05) is 45.3 Å². The standard InChI is InChI=1S/C19H21ClN3O2PS/c1-22(2)16-7-8-18-17(13-16)21-19(14-3-5-15(20)6-4-14)25-26(18,27)23-9-11-24-12-10-23/h3-8,13H,9-12H2,1-2H3/t26-/m1/s1. The molecule has 0 aliphatic carbocycles. The second kappa shape index (κ2) is 7.53. The lowest BCUT2D eigenvalue weighted by Gasteiger charge is -2.39. The van der Waals surface area contributed by atoms with Crippen LogP contribution in [0.3, 0.4) is 0 Å². The van der Waals surface area contributed by atoms with E-state index in [1.807, 2.05) is 38.4 Å². The normalized spacial score (nSPS) is 22.6. The number of hydrogen-bond donors (Lipinski definition) is 0. The molecular weight excluding hydrogens is 401 g/mol. The van der Waals surface area contributed by atoms with Crippen LogP contribution in [0.5, 0.6) is 0 Å². The van der Waals surface area contributed by atoms with Crippen molar-refractivity contribution in [3.63, 3.8) is 0 Å². The molecule has 142 valence electrons. The number of anilines is 1. The SMILES string of the molecule is CN(C)c1ccc2c(c1)N=C(c1ccc(Cl)cc1)O[P@]2(=S)N1CCOCC1. The second-order valence-corrected chi connectivity index (χ2v) is 10.9. The van der Waals surface area contributed by atoms with E-state index >= 15 is 0 Å². The molecule has 5 nitrogen and oxygen atoms in total. The summed E-state index contributed by atoms with van der Waals surface area (Å²) in [6.45, 7) is 2.86. The van der Waals surface area contributed by atoms with Crippen LogP contribution in [0.2, 0.25) is 5.02 Å². The Hall–Kier alpha value is -1.43. The van der Waals surface area contributed by atoms with Crippen LogP contribution in [0.1, 0.15) is 5.56 Å². The zero-order valence-electron chi connectivity index (χ0n) is 15.3. The number of nitrogens with zero attached hydrogens (tertiary/aromatic N) is 3. The number of hydrogen-bond acceptors (Lipinski definition) is 5. The molecule has 0 saturated carbocycles. The largest absolute Gasteiger partial charge is 0.431 e. The molecule has 0 unspecified atom stereocenters. The first-order chi connectivity index (χ1) is 13.0. The van der Waals surface area contributed by atoms with E-state index in [9.17, 15) is 0 Å². The predicted octanol–water partition coefficient (Wildman–Crippen LogP) is 3.78. The van der Waals surface area contributed by atoms with E-state index in [0.29, 0.717) is 24.1 Å². The van der Waals surface area contributed by atoms with Crippen molar-refractivity contribution in [2.45, 2.75) is 0 Å². The Balaban J connectivity index is 1.84. The van der Waals surface area contributed by atoms with Crippen LogP contribution in [-0.2, 0) is 21.1 Å². The van der Waals surface area contributed by atoms with E-state index in [4.69, 9.17) is 37.7 Å². The van der Waals surface area contributed by atoms with E-state index in [-0.39, 0.29) is 0 Å². The van der Waals surface area contributed by atoms with Gasteiger partial charge in [-0.15, -0.1) is 0 Å². The molecule has 0 spiro atoms. The van der Waals surface area contributed by atoms with E-state index in [0.717, 1.165) is 35.3 Å². The third-order valence-electron chi connectivity index (χ3n) is 4.66. The first-order valence-electron chi connectivity index (χ1n) is 8.77. The van der Waals surface area contributed by atoms with Crippen LogP contribution in [0.4, 0.5) is 11.4 Å². The summed E-state index contributed by atoms with van der Waals surface area (Å²) in [6.07, 6.45) is -2.46. The fraction of sp³-hybridized carbons (Fsp3) is 0.316.